The maximum atomic E-state index is 13.5. The van der Waals surface area contributed by atoms with E-state index in [2.05, 4.69) is 10.0 Å². The molecular formula is C31H38N4O7S. The Balaban J connectivity index is 1.59. The molecule has 3 aromatic rings. The van der Waals surface area contributed by atoms with Crippen molar-refractivity contribution in [2.45, 2.75) is 37.3 Å². The summed E-state index contributed by atoms with van der Waals surface area (Å²) in [4.78, 5) is 29.7. The lowest BCUT2D eigenvalue weighted by Gasteiger charge is -2.34. The first-order chi connectivity index (χ1) is 20.5. The number of methoxy groups -OCH3 is 1. The van der Waals surface area contributed by atoms with E-state index in [4.69, 9.17) is 9.47 Å². The molecule has 11 nitrogen and oxygen atoms in total. The van der Waals surface area contributed by atoms with Crippen LogP contribution >= 0.6 is 0 Å². The van der Waals surface area contributed by atoms with Crippen molar-refractivity contribution in [3.63, 3.8) is 0 Å². The largest absolute Gasteiger partial charge is 0.497 e. The number of aliphatic hydroxyl groups excluding tert-OH is 1. The molecule has 0 saturated heterocycles. The van der Waals surface area contributed by atoms with E-state index < -0.39 is 22.2 Å². The van der Waals surface area contributed by atoms with Crippen LogP contribution in [0.5, 0.6) is 11.5 Å². The van der Waals surface area contributed by atoms with Gasteiger partial charge in [-0.2, -0.15) is 0 Å². The minimum Gasteiger partial charge on any atom is -0.497 e. The molecule has 1 aliphatic heterocycles. The summed E-state index contributed by atoms with van der Waals surface area (Å²) >= 11 is 0. The van der Waals surface area contributed by atoms with Crippen molar-refractivity contribution in [2.75, 3.05) is 43.9 Å². The third-order valence-electron chi connectivity index (χ3n) is 7.36. The van der Waals surface area contributed by atoms with Gasteiger partial charge in [0.05, 0.1) is 37.6 Å². The molecular weight excluding hydrogens is 572 g/mol. The molecule has 0 radical (unpaired) electrons. The fourth-order valence-electron chi connectivity index (χ4n) is 4.77. The molecule has 0 bridgehead atoms. The summed E-state index contributed by atoms with van der Waals surface area (Å²) in [5.74, 6) is 0.629. The minimum atomic E-state index is -3.86. The van der Waals surface area contributed by atoms with Crippen molar-refractivity contribution in [2.24, 2.45) is 5.92 Å². The third-order valence-corrected chi connectivity index (χ3v) is 8.76. The van der Waals surface area contributed by atoms with E-state index in [0.29, 0.717) is 29.3 Å². The number of carbonyl (C=O) groups excluding carboxylic acids is 2. The highest BCUT2D eigenvalue weighted by Gasteiger charge is 2.32. The van der Waals surface area contributed by atoms with E-state index in [1.165, 1.54) is 17.0 Å². The highest BCUT2D eigenvalue weighted by atomic mass is 32.2. The zero-order chi connectivity index (χ0) is 31.1. The first-order valence-electron chi connectivity index (χ1n) is 13.9. The molecule has 43 heavy (non-hydrogen) atoms. The smallest absolute Gasteiger partial charge is 0.321 e. The van der Waals surface area contributed by atoms with Crippen LogP contribution < -0.4 is 19.5 Å². The van der Waals surface area contributed by atoms with Crippen LogP contribution in [0.15, 0.2) is 77.7 Å². The number of ether oxygens (including phenoxy) is 2. The van der Waals surface area contributed by atoms with Crippen LogP contribution in [0.1, 0.15) is 19.4 Å². The zero-order valence-electron chi connectivity index (χ0n) is 24.7. The number of benzene rings is 3. The van der Waals surface area contributed by atoms with E-state index in [9.17, 15) is 23.1 Å². The highest BCUT2D eigenvalue weighted by Crippen LogP contribution is 2.30. The van der Waals surface area contributed by atoms with Crippen molar-refractivity contribution in [1.29, 1.82) is 0 Å². The van der Waals surface area contributed by atoms with Crippen LogP contribution in [-0.4, -0.2) is 81.3 Å². The topological polar surface area (TPSA) is 138 Å². The summed E-state index contributed by atoms with van der Waals surface area (Å²) in [6, 6.07) is 19.0. The molecule has 0 saturated carbocycles. The Hall–Kier alpha value is -4.29. The van der Waals surface area contributed by atoms with Gasteiger partial charge >= 0.3 is 6.03 Å². The Bertz CT molecular complexity index is 1520. The Labute approximate surface area is 252 Å². The predicted molar refractivity (Wildman–Crippen MR) is 164 cm³/mol. The van der Waals surface area contributed by atoms with Gasteiger partial charge in [0.25, 0.3) is 10.0 Å². The SMILES string of the molecule is COc1ccc(NC(=O)N(C)C[C@H]2Oc3ccc(NS(=O)(=O)c4ccccc4)cc3CC(=O)N([C@@H](C)CO)C[C@H]2C)cc1. The molecule has 3 aromatic carbocycles. The van der Waals surface area contributed by atoms with E-state index in [1.807, 2.05) is 6.92 Å². The lowest BCUT2D eigenvalue weighted by atomic mass is 10.0. The van der Waals surface area contributed by atoms with Crippen LogP contribution in [0.25, 0.3) is 0 Å². The lowest BCUT2D eigenvalue weighted by Crippen LogP contribution is -2.48. The number of nitrogens with zero attached hydrogens (tertiary/aromatic N) is 2. The quantitative estimate of drug-likeness (QED) is 0.335. The van der Waals surface area contributed by atoms with E-state index >= 15 is 0 Å². The molecule has 3 atom stereocenters. The molecule has 230 valence electrons. The number of aliphatic hydroxyl groups is 1. The van der Waals surface area contributed by atoms with Gasteiger partial charge in [0.1, 0.15) is 17.6 Å². The Kier molecular flexibility index (Phi) is 10.1. The summed E-state index contributed by atoms with van der Waals surface area (Å²) in [5.41, 5.74) is 1.36. The second-order valence-electron chi connectivity index (χ2n) is 10.7. The molecule has 1 aliphatic rings. The minimum absolute atomic E-state index is 0.0617. The summed E-state index contributed by atoms with van der Waals surface area (Å²) in [5, 5.41) is 12.7. The van der Waals surface area contributed by atoms with Gasteiger partial charge in [-0.25, -0.2) is 13.2 Å². The lowest BCUT2D eigenvalue weighted by molar-refractivity contribution is -0.134. The number of hydrogen-bond donors (Lipinski definition) is 3. The van der Waals surface area contributed by atoms with Gasteiger partial charge in [0, 0.05) is 36.4 Å². The maximum absolute atomic E-state index is 13.5. The van der Waals surface area contributed by atoms with Crippen molar-refractivity contribution < 1.29 is 32.6 Å². The Morgan fingerprint density at radius 2 is 1.79 bits per heavy atom. The van der Waals surface area contributed by atoms with E-state index in [1.54, 1.807) is 86.6 Å². The maximum Gasteiger partial charge on any atom is 0.321 e. The molecule has 4 rings (SSSR count). The number of rotatable bonds is 9. The van der Waals surface area contributed by atoms with E-state index in [-0.39, 0.29) is 48.0 Å². The fraction of sp³-hybridized carbons (Fsp3) is 0.355. The number of anilines is 2. The van der Waals surface area contributed by atoms with Gasteiger partial charge in [0.15, 0.2) is 0 Å². The summed E-state index contributed by atoms with van der Waals surface area (Å²) in [7, 11) is -0.634. The first kappa shape index (κ1) is 31.6. The number of sulfonamides is 1. The molecule has 0 spiro atoms. The molecule has 0 aliphatic carbocycles. The average molecular weight is 611 g/mol. The number of fused-ring (bicyclic) bond motifs is 1. The monoisotopic (exact) mass is 610 g/mol. The number of carbonyl (C=O) groups is 2. The number of urea groups is 1. The molecule has 12 heteroatoms. The zero-order valence-corrected chi connectivity index (χ0v) is 25.5. The van der Waals surface area contributed by atoms with Crippen LogP contribution in [0.2, 0.25) is 0 Å². The van der Waals surface area contributed by atoms with Crippen molar-refractivity contribution in [1.82, 2.24) is 9.80 Å². The van der Waals surface area contributed by atoms with Crippen molar-refractivity contribution in [3.8, 4) is 11.5 Å². The normalized spacial score (nSPS) is 17.8. The summed E-state index contributed by atoms with van der Waals surface area (Å²) in [6.45, 7) is 3.95. The molecule has 0 fully saturated rings. The number of nitrogens with one attached hydrogen (secondary N) is 2. The van der Waals surface area contributed by atoms with Crippen LogP contribution in [-0.2, 0) is 21.2 Å². The van der Waals surface area contributed by atoms with Crippen molar-refractivity contribution >= 4 is 33.3 Å². The molecule has 0 aromatic heterocycles. The van der Waals surface area contributed by atoms with Crippen LogP contribution in [0.3, 0.4) is 0 Å². The molecule has 1 heterocycles. The number of hydrogen-bond acceptors (Lipinski definition) is 7. The van der Waals surface area contributed by atoms with Gasteiger partial charge in [-0.05, 0) is 61.5 Å². The van der Waals surface area contributed by atoms with Gasteiger partial charge in [0.2, 0.25) is 5.91 Å². The molecule has 3 amide bonds. The summed E-state index contributed by atoms with van der Waals surface area (Å²) in [6.07, 6.45) is -0.593. The molecule has 0 unspecified atom stereocenters. The highest BCUT2D eigenvalue weighted by molar-refractivity contribution is 7.92. The summed E-state index contributed by atoms with van der Waals surface area (Å²) < 4.78 is 40.1. The van der Waals surface area contributed by atoms with Crippen LogP contribution in [0, 0.1) is 5.92 Å². The van der Waals surface area contributed by atoms with Gasteiger partial charge in [-0.15, -0.1) is 0 Å². The van der Waals surface area contributed by atoms with Crippen molar-refractivity contribution in [3.05, 3.63) is 78.4 Å². The number of likely N-dealkylation sites (N-methyl/N-ethyl adjacent to an activating group) is 1. The second kappa shape index (κ2) is 13.8. The first-order valence-corrected chi connectivity index (χ1v) is 15.4. The second-order valence-corrected chi connectivity index (χ2v) is 12.4. The molecule has 3 N–H and O–H groups in total. The Morgan fingerprint density at radius 1 is 1.12 bits per heavy atom. The van der Waals surface area contributed by atoms with Gasteiger partial charge in [-0.3, -0.25) is 9.52 Å². The number of amides is 3. The van der Waals surface area contributed by atoms with E-state index in [0.717, 1.165) is 0 Å². The predicted octanol–water partition coefficient (Wildman–Crippen LogP) is 3.81. The van der Waals surface area contributed by atoms with Gasteiger partial charge in [-0.1, -0.05) is 25.1 Å². The average Bonchev–Trinajstić information content (AvgIpc) is 3.04. The fourth-order valence-corrected chi connectivity index (χ4v) is 5.84. The third kappa shape index (κ3) is 7.96. The Morgan fingerprint density at radius 3 is 2.44 bits per heavy atom. The standard InChI is InChI=1S/C31H38N4O7S/c1-21-18-35(22(2)20-36)30(37)17-23-16-25(33-43(39,40)27-8-6-5-7-9-27)12-15-28(23)42-29(21)19-34(3)31(38)32-24-10-13-26(41-4)14-11-24/h5-16,21-22,29,33,36H,17-20H2,1-4H3,(H,32,38)/t21-,22+,29-/m1/s1. The van der Waals surface area contributed by atoms with Gasteiger partial charge < -0.3 is 29.7 Å². The van der Waals surface area contributed by atoms with Crippen LogP contribution in [0.4, 0.5) is 16.2 Å².